The Morgan fingerprint density at radius 1 is 1.11 bits per heavy atom. The van der Waals surface area contributed by atoms with Crippen molar-refractivity contribution in [1.29, 1.82) is 0 Å². The Hall–Kier alpha value is -1.51. The number of hydrogen-bond donors (Lipinski definition) is 1. The number of carboxylic acid groups (broad SMARTS) is 1. The average molecular weight is 260 g/mol. The van der Waals surface area contributed by atoms with E-state index in [0.717, 1.165) is 44.3 Å². The molecule has 4 rings (SSSR count). The van der Waals surface area contributed by atoms with Crippen LogP contribution in [0.15, 0.2) is 24.3 Å². The van der Waals surface area contributed by atoms with Gasteiger partial charge in [0.25, 0.3) is 0 Å². The van der Waals surface area contributed by atoms with Gasteiger partial charge in [-0.2, -0.15) is 0 Å². The number of hydrogen-bond acceptors (Lipinski definition) is 2. The van der Waals surface area contributed by atoms with Crippen molar-refractivity contribution in [2.75, 3.05) is 7.11 Å². The molecule has 2 bridgehead atoms. The molecule has 1 N–H and O–H groups in total. The Bertz CT molecular complexity index is 482. The highest BCUT2D eigenvalue weighted by Gasteiger charge is 2.53. The summed E-state index contributed by atoms with van der Waals surface area (Å²) in [4.78, 5) is 11.5. The molecule has 0 aliphatic heterocycles. The zero-order valence-corrected chi connectivity index (χ0v) is 11.3. The van der Waals surface area contributed by atoms with Crippen LogP contribution < -0.4 is 4.74 Å². The van der Waals surface area contributed by atoms with Gasteiger partial charge in [-0.25, -0.2) is 0 Å². The van der Waals surface area contributed by atoms with Crippen LogP contribution in [0.1, 0.15) is 44.1 Å². The molecule has 3 aliphatic carbocycles. The fourth-order valence-corrected chi connectivity index (χ4v) is 3.99. The minimum absolute atomic E-state index is 0.143. The van der Waals surface area contributed by atoms with Crippen LogP contribution in [0, 0.1) is 5.41 Å². The minimum atomic E-state index is -0.596. The van der Waals surface area contributed by atoms with Crippen LogP contribution in [0.2, 0.25) is 0 Å². The molecule has 3 saturated carbocycles. The van der Waals surface area contributed by atoms with E-state index in [1.807, 2.05) is 12.1 Å². The van der Waals surface area contributed by atoms with E-state index < -0.39 is 11.4 Å². The summed E-state index contributed by atoms with van der Waals surface area (Å²) in [6, 6.07) is 8.21. The number of methoxy groups -OCH3 is 1. The number of rotatable bonds is 3. The second-order valence-corrected chi connectivity index (χ2v) is 6.07. The number of carboxylic acids is 1. The second kappa shape index (κ2) is 4.26. The summed E-state index contributed by atoms with van der Waals surface area (Å²) in [5.74, 6) is 0.355. The molecule has 102 valence electrons. The monoisotopic (exact) mass is 260 g/mol. The quantitative estimate of drug-likeness (QED) is 0.906. The molecule has 0 saturated heterocycles. The molecular formula is C16H20O3. The topological polar surface area (TPSA) is 46.5 Å². The van der Waals surface area contributed by atoms with Gasteiger partial charge < -0.3 is 9.84 Å². The van der Waals surface area contributed by atoms with E-state index in [0.29, 0.717) is 0 Å². The lowest BCUT2D eigenvalue weighted by Crippen LogP contribution is -2.48. The largest absolute Gasteiger partial charge is 0.496 e. The van der Waals surface area contributed by atoms with Gasteiger partial charge in [0, 0.05) is 5.56 Å². The van der Waals surface area contributed by atoms with Crippen molar-refractivity contribution in [2.45, 2.75) is 43.9 Å². The van der Waals surface area contributed by atoms with Gasteiger partial charge in [0.05, 0.1) is 12.5 Å². The number of fused-ring (bicyclic) bond motifs is 3. The first-order chi connectivity index (χ1) is 9.12. The molecule has 0 atom stereocenters. The summed E-state index contributed by atoms with van der Waals surface area (Å²) in [6.45, 7) is 0. The van der Waals surface area contributed by atoms with Crippen molar-refractivity contribution in [3.05, 3.63) is 29.8 Å². The zero-order valence-electron chi connectivity index (χ0n) is 11.3. The highest BCUT2D eigenvalue weighted by Crippen LogP contribution is 2.59. The average Bonchev–Trinajstić information content (AvgIpc) is 2.49. The molecule has 3 aliphatic rings. The first-order valence-electron chi connectivity index (χ1n) is 6.99. The maximum atomic E-state index is 11.5. The van der Waals surface area contributed by atoms with Crippen LogP contribution in [-0.2, 0) is 10.2 Å². The highest BCUT2D eigenvalue weighted by atomic mass is 16.5. The lowest BCUT2D eigenvalue weighted by molar-refractivity contribution is -0.156. The Morgan fingerprint density at radius 3 is 2.21 bits per heavy atom. The van der Waals surface area contributed by atoms with Crippen molar-refractivity contribution in [3.63, 3.8) is 0 Å². The van der Waals surface area contributed by atoms with E-state index in [1.54, 1.807) is 7.11 Å². The fourth-order valence-electron chi connectivity index (χ4n) is 3.99. The molecular weight excluding hydrogens is 240 g/mol. The normalized spacial score (nSPS) is 33.1. The van der Waals surface area contributed by atoms with Crippen LogP contribution in [-0.4, -0.2) is 18.2 Å². The maximum Gasteiger partial charge on any atom is 0.309 e. The van der Waals surface area contributed by atoms with E-state index in [-0.39, 0.29) is 5.41 Å². The van der Waals surface area contributed by atoms with Gasteiger partial charge in [0.15, 0.2) is 0 Å². The van der Waals surface area contributed by atoms with Crippen molar-refractivity contribution in [2.24, 2.45) is 5.41 Å². The first-order valence-corrected chi connectivity index (χ1v) is 6.99. The molecule has 1 aromatic carbocycles. The third-order valence-corrected chi connectivity index (χ3v) is 5.38. The van der Waals surface area contributed by atoms with Crippen LogP contribution >= 0.6 is 0 Å². The standard InChI is InChI=1S/C16H20O3/c1-19-13-5-3-2-4-12(13)15-6-9-16(10-7-15,11-8-15)14(17)18/h2-5H,6-11H2,1H3,(H,17,18). The predicted octanol–water partition coefficient (Wildman–Crippen LogP) is 3.37. The maximum absolute atomic E-state index is 11.5. The summed E-state index contributed by atoms with van der Waals surface area (Å²) >= 11 is 0. The third kappa shape index (κ3) is 1.75. The number of para-hydroxylation sites is 1. The van der Waals surface area contributed by atoms with Crippen LogP contribution in [0.3, 0.4) is 0 Å². The molecule has 3 nitrogen and oxygen atoms in total. The minimum Gasteiger partial charge on any atom is -0.496 e. The van der Waals surface area contributed by atoms with Crippen molar-refractivity contribution < 1.29 is 14.6 Å². The summed E-state index contributed by atoms with van der Waals surface area (Å²) in [7, 11) is 1.71. The molecule has 0 spiro atoms. The van der Waals surface area contributed by atoms with Crippen LogP contribution in [0.25, 0.3) is 0 Å². The number of ether oxygens (including phenoxy) is 1. The van der Waals surface area contributed by atoms with Crippen molar-refractivity contribution in [3.8, 4) is 5.75 Å². The lowest BCUT2D eigenvalue weighted by Gasteiger charge is -2.51. The van der Waals surface area contributed by atoms with Gasteiger partial charge in [0.2, 0.25) is 0 Å². The third-order valence-electron chi connectivity index (χ3n) is 5.38. The zero-order chi connectivity index (χ0) is 13.5. The SMILES string of the molecule is COc1ccccc1C12CCC(C(=O)O)(CC1)CC2. The van der Waals surface area contributed by atoms with E-state index in [1.165, 1.54) is 5.56 Å². The van der Waals surface area contributed by atoms with Crippen LogP contribution in [0.4, 0.5) is 0 Å². The lowest BCUT2D eigenvalue weighted by atomic mass is 9.52. The van der Waals surface area contributed by atoms with Crippen LogP contribution in [0.5, 0.6) is 5.75 Å². The Balaban J connectivity index is 1.94. The second-order valence-electron chi connectivity index (χ2n) is 6.07. The predicted molar refractivity (Wildman–Crippen MR) is 72.4 cm³/mol. The molecule has 0 heterocycles. The van der Waals surface area contributed by atoms with Crippen molar-refractivity contribution >= 4 is 5.97 Å². The van der Waals surface area contributed by atoms with E-state index in [4.69, 9.17) is 4.74 Å². The smallest absolute Gasteiger partial charge is 0.309 e. The van der Waals surface area contributed by atoms with Gasteiger partial charge in [-0.3, -0.25) is 4.79 Å². The molecule has 0 aromatic heterocycles. The van der Waals surface area contributed by atoms with Gasteiger partial charge in [0.1, 0.15) is 5.75 Å². The fraction of sp³-hybridized carbons (Fsp3) is 0.562. The van der Waals surface area contributed by atoms with Gasteiger partial charge in [-0.1, -0.05) is 18.2 Å². The van der Waals surface area contributed by atoms with Gasteiger partial charge >= 0.3 is 5.97 Å². The summed E-state index contributed by atoms with van der Waals surface area (Å²) in [6.07, 6.45) is 5.33. The summed E-state index contributed by atoms with van der Waals surface area (Å²) < 4.78 is 5.50. The first kappa shape index (κ1) is 12.5. The summed E-state index contributed by atoms with van der Waals surface area (Å²) in [5, 5.41) is 9.44. The molecule has 0 amide bonds. The van der Waals surface area contributed by atoms with E-state index in [2.05, 4.69) is 12.1 Å². The number of benzene rings is 1. The van der Waals surface area contributed by atoms with Gasteiger partial charge in [-0.15, -0.1) is 0 Å². The van der Waals surface area contributed by atoms with E-state index >= 15 is 0 Å². The molecule has 3 fully saturated rings. The molecule has 3 heteroatoms. The molecule has 0 unspecified atom stereocenters. The Labute approximate surface area is 113 Å². The Kier molecular flexibility index (Phi) is 2.80. The molecule has 1 aromatic rings. The summed E-state index contributed by atoms with van der Waals surface area (Å²) in [5.41, 5.74) is 0.976. The van der Waals surface area contributed by atoms with E-state index in [9.17, 15) is 9.90 Å². The number of carbonyl (C=O) groups is 1. The number of aliphatic carboxylic acids is 1. The van der Waals surface area contributed by atoms with Crippen molar-refractivity contribution in [1.82, 2.24) is 0 Å². The molecule has 19 heavy (non-hydrogen) atoms. The van der Waals surface area contributed by atoms with Gasteiger partial charge in [-0.05, 0) is 50.0 Å². The highest BCUT2D eigenvalue weighted by molar-refractivity contribution is 5.75. The molecule has 0 radical (unpaired) electrons. The Morgan fingerprint density at radius 2 is 1.68 bits per heavy atom.